The van der Waals surface area contributed by atoms with Crippen molar-refractivity contribution in [1.82, 2.24) is 9.97 Å². The predicted molar refractivity (Wildman–Crippen MR) is 194 cm³/mol. The molecule has 2 atom stereocenters. The molecule has 6 aromatic rings. The van der Waals surface area contributed by atoms with Crippen LogP contribution in [0, 0.1) is 0 Å². The maximum Gasteiger partial charge on any atom is 2.00 e. The minimum Gasteiger partial charge on any atom is -0.660 e. The summed E-state index contributed by atoms with van der Waals surface area (Å²) in [6, 6.07) is 50.5. The Kier molecular flexibility index (Phi) is 8.25. The van der Waals surface area contributed by atoms with Gasteiger partial charge in [-0.05, 0) is 57.7 Å². The van der Waals surface area contributed by atoms with E-state index >= 15 is 0 Å². The molecule has 5 heteroatoms. The second-order valence-corrected chi connectivity index (χ2v) is 12.2. The molecule has 0 aliphatic carbocycles. The molecule has 0 saturated heterocycles. The van der Waals surface area contributed by atoms with Crippen LogP contribution in [-0.4, -0.2) is 11.4 Å². The summed E-state index contributed by atoms with van der Waals surface area (Å²) >= 11 is 0. The van der Waals surface area contributed by atoms with Crippen LogP contribution in [0.4, 0.5) is 0 Å². The summed E-state index contributed by atoms with van der Waals surface area (Å²) < 4.78 is 0. The van der Waals surface area contributed by atoms with Gasteiger partial charge in [0.15, 0.2) is 0 Å². The number of hydrogen-bond acceptors (Lipinski definition) is 2. The van der Waals surface area contributed by atoms with E-state index in [0.29, 0.717) is 0 Å². The number of nitrogens with zero attached hydrogens (tertiary/aromatic N) is 4. The van der Waals surface area contributed by atoms with Crippen LogP contribution < -0.4 is 9.97 Å². The standard InChI is InChI=1S/C44H30N4.Pt/c1-5-13-29(14-6-1)41-33-21-23-35(45-33)42(30-15-7-2-8-16-30)37-25-27-39(47-37)44(32-19-11-4-12-20-32)40-28-26-38(48-40)43(31-17-9-3-10-18-31)36-24-22-34(41)46-36;/h1-28,41,44H;/q-2;+2/b42-35-,43-38-;. The molecule has 4 nitrogen and oxygen atoms in total. The van der Waals surface area contributed by atoms with E-state index in [0.717, 1.165) is 79.0 Å². The van der Waals surface area contributed by atoms with Crippen LogP contribution in [0.1, 0.15) is 56.9 Å². The minimum atomic E-state index is -0.149. The molecular formula is C44H30N4Pt. The summed E-state index contributed by atoms with van der Waals surface area (Å²) in [4.78, 5) is 21.4. The van der Waals surface area contributed by atoms with Crippen molar-refractivity contribution in [2.75, 3.05) is 0 Å². The molecule has 0 amide bonds. The zero-order valence-electron chi connectivity index (χ0n) is 26.4. The Hall–Kier alpha value is -5.57. The molecule has 4 aromatic carbocycles. The number of rotatable bonds is 4. The van der Waals surface area contributed by atoms with Gasteiger partial charge in [0, 0.05) is 11.8 Å². The third kappa shape index (κ3) is 5.69. The maximum atomic E-state index is 5.35. The third-order valence-corrected chi connectivity index (χ3v) is 9.24. The van der Waals surface area contributed by atoms with Crippen molar-refractivity contribution in [3.63, 3.8) is 0 Å². The van der Waals surface area contributed by atoms with Crippen molar-refractivity contribution in [1.29, 1.82) is 0 Å². The van der Waals surface area contributed by atoms with Gasteiger partial charge in [-0.2, -0.15) is 0 Å². The fraction of sp³-hybridized carbons (Fsp3) is 0.0455. The molecule has 236 valence electrons. The Bertz CT molecular complexity index is 2150. The zero-order valence-corrected chi connectivity index (χ0v) is 28.7. The van der Waals surface area contributed by atoms with E-state index in [1.807, 2.05) is 12.1 Å². The fourth-order valence-corrected chi connectivity index (χ4v) is 7.05. The topological polar surface area (TPSA) is 52.9 Å². The Morgan fingerprint density at radius 2 is 0.755 bits per heavy atom. The first-order chi connectivity index (χ1) is 23.8. The van der Waals surface area contributed by atoms with Gasteiger partial charge in [-0.25, -0.2) is 0 Å². The van der Waals surface area contributed by atoms with Gasteiger partial charge in [-0.3, -0.25) is 9.98 Å². The van der Waals surface area contributed by atoms with Crippen molar-refractivity contribution in [2.45, 2.75) is 11.8 Å². The van der Waals surface area contributed by atoms with E-state index in [4.69, 9.17) is 20.0 Å². The van der Waals surface area contributed by atoms with Crippen LogP contribution in [-0.2, 0) is 21.1 Å². The monoisotopic (exact) mass is 809 g/mol. The van der Waals surface area contributed by atoms with Crippen molar-refractivity contribution < 1.29 is 21.1 Å². The number of allylic oxidation sites excluding steroid dienone is 4. The molecular weight excluding hydrogens is 780 g/mol. The Morgan fingerprint density at radius 3 is 1.14 bits per heavy atom. The van der Waals surface area contributed by atoms with Gasteiger partial charge in [0.25, 0.3) is 0 Å². The SMILES string of the molecule is C1=C/C2=C(\c3ccccc3)c3ccc([n-]3)C(c3ccccc3)C3=N/C(=C(/c4ccccc4)c4ccc([n-]4)C(c4ccccc4)C1=N2)C=C3.[Pt+2]. The summed E-state index contributed by atoms with van der Waals surface area (Å²) in [5, 5.41) is 0. The van der Waals surface area contributed by atoms with Crippen molar-refractivity contribution >= 4 is 22.6 Å². The van der Waals surface area contributed by atoms with Crippen LogP contribution >= 0.6 is 0 Å². The largest absolute Gasteiger partial charge is 2.00 e. The zero-order chi connectivity index (χ0) is 31.9. The van der Waals surface area contributed by atoms with Crippen LogP contribution in [0.3, 0.4) is 0 Å². The average Bonchev–Trinajstić information content (AvgIpc) is 3.98. The fourth-order valence-electron chi connectivity index (χ4n) is 7.05. The van der Waals surface area contributed by atoms with Crippen molar-refractivity contribution in [2.24, 2.45) is 9.98 Å². The van der Waals surface area contributed by atoms with E-state index in [2.05, 4.69) is 158 Å². The van der Waals surface area contributed by atoms with E-state index in [1.54, 1.807) is 0 Å². The van der Waals surface area contributed by atoms with E-state index in [-0.39, 0.29) is 32.9 Å². The van der Waals surface area contributed by atoms with Gasteiger partial charge < -0.3 is 9.97 Å². The van der Waals surface area contributed by atoms with Crippen LogP contribution in [0.2, 0.25) is 0 Å². The van der Waals surface area contributed by atoms with Gasteiger partial charge in [0.1, 0.15) is 0 Å². The molecule has 0 spiro atoms. The molecule has 5 heterocycles. The third-order valence-electron chi connectivity index (χ3n) is 9.24. The molecule has 0 N–H and O–H groups in total. The molecule has 2 aromatic heterocycles. The van der Waals surface area contributed by atoms with Gasteiger partial charge in [-0.15, -0.1) is 22.8 Å². The second kappa shape index (κ2) is 13.1. The molecule has 2 unspecified atom stereocenters. The Balaban J connectivity index is 0.00000348. The first kappa shape index (κ1) is 30.7. The van der Waals surface area contributed by atoms with Crippen molar-refractivity contribution in [3.05, 3.63) is 226 Å². The quantitative estimate of drug-likeness (QED) is 0.179. The molecule has 0 radical (unpaired) electrons. The van der Waals surface area contributed by atoms with Crippen molar-refractivity contribution in [3.8, 4) is 0 Å². The first-order valence-electron chi connectivity index (χ1n) is 16.3. The van der Waals surface area contributed by atoms with Crippen LogP contribution in [0.15, 0.2) is 191 Å². The average molecular weight is 810 g/mol. The van der Waals surface area contributed by atoms with E-state index in [1.165, 1.54) is 0 Å². The minimum absolute atomic E-state index is 0. The van der Waals surface area contributed by atoms with E-state index in [9.17, 15) is 0 Å². The molecule has 3 aliphatic heterocycles. The maximum absolute atomic E-state index is 5.35. The molecule has 0 saturated carbocycles. The normalized spacial score (nSPS) is 20.9. The molecule has 3 aliphatic rings. The smallest absolute Gasteiger partial charge is 0.660 e. The predicted octanol–water partition coefficient (Wildman–Crippen LogP) is 9.12. The van der Waals surface area contributed by atoms with Gasteiger partial charge in [0.05, 0.1) is 22.8 Å². The van der Waals surface area contributed by atoms with Gasteiger partial charge in [0.2, 0.25) is 0 Å². The summed E-state index contributed by atoms with van der Waals surface area (Å²) in [6.07, 6.45) is 8.55. The van der Waals surface area contributed by atoms with Gasteiger partial charge in [-0.1, -0.05) is 146 Å². The van der Waals surface area contributed by atoms with E-state index < -0.39 is 0 Å². The Labute approximate surface area is 300 Å². The number of fused-ring (bicyclic) bond motifs is 6. The van der Waals surface area contributed by atoms with Gasteiger partial charge >= 0.3 is 21.1 Å². The number of aromatic nitrogens is 2. The first-order valence-corrected chi connectivity index (χ1v) is 16.3. The number of aliphatic imine (C=N–C) groups is 2. The number of benzene rings is 4. The molecule has 49 heavy (non-hydrogen) atoms. The summed E-state index contributed by atoms with van der Waals surface area (Å²) in [6.45, 7) is 0. The molecule has 0 fully saturated rings. The van der Waals surface area contributed by atoms with Crippen LogP contribution in [0.25, 0.3) is 11.1 Å². The molecule has 9 rings (SSSR count). The van der Waals surface area contributed by atoms with Crippen LogP contribution in [0.5, 0.6) is 0 Å². The second-order valence-electron chi connectivity index (χ2n) is 12.2. The summed E-state index contributed by atoms with van der Waals surface area (Å²) in [5.74, 6) is -0.297. The number of hydrogen-bond donors (Lipinski definition) is 0. The Morgan fingerprint density at radius 1 is 0.388 bits per heavy atom. The summed E-state index contributed by atoms with van der Waals surface area (Å²) in [5.41, 5.74) is 13.8. The molecule has 8 bridgehead atoms. The summed E-state index contributed by atoms with van der Waals surface area (Å²) in [7, 11) is 0.